The highest BCUT2D eigenvalue weighted by atomic mass is 35.5. The lowest BCUT2D eigenvalue weighted by atomic mass is 10.2. The molecular weight excluding hydrogens is 238 g/mol. The highest BCUT2D eigenvalue weighted by Gasteiger charge is 2.10. The molecule has 1 amide bonds. The van der Waals surface area contributed by atoms with Gasteiger partial charge in [-0.1, -0.05) is 23.7 Å². The maximum Gasteiger partial charge on any atom is 0.248 e. The molecule has 0 saturated heterocycles. The highest BCUT2D eigenvalue weighted by molar-refractivity contribution is 6.30. The van der Waals surface area contributed by atoms with Gasteiger partial charge in [0.05, 0.1) is 6.10 Å². The van der Waals surface area contributed by atoms with Crippen molar-refractivity contribution in [1.82, 2.24) is 4.90 Å². The molecule has 0 bridgehead atoms. The summed E-state index contributed by atoms with van der Waals surface area (Å²) in [5.41, 5.74) is 1.05. The van der Waals surface area contributed by atoms with Crippen molar-refractivity contribution < 1.29 is 9.53 Å². The van der Waals surface area contributed by atoms with Crippen LogP contribution in [-0.4, -0.2) is 30.6 Å². The average molecular weight is 256 g/mol. The van der Waals surface area contributed by atoms with Crippen LogP contribution >= 0.6 is 11.6 Å². The summed E-state index contributed by atoms with van der Waals surface area (Å²) >= 11 is 5.79. The Bertz CT molecular complexity index is 362. The molecule has 0 aliphatic carbocycles. The van der Waals surface area contributed by atoms with E-state index in [-0.39, 0.29) is 18.6 Å². The Morgan fingerprint density at radius 2 is 1.94 bits per heavy atom. The number of carbonyl (C=O) groups excluding carboxylic acids is 1. The van der Waals surface area contributed by atoms with Crippen LogP contribution in [0.5, 0.6) is 0 Å². The van der Waals surface area contributed by atoms with E-state index in [1.165, 1.54) is 0 Å². The quantitative estimate of drug-likeness (QED) is 0.810. The van der Waals surface area contributed by atoms with E-state index in [4.69, 9.17) is 16.3 Å². The Morgan fingerprint density at radius 1 is 1.35 bits per heavy atom. The van der Waals surface area contributed by atoms with Gasteiger partial charge >= 0.3 is 0 Å². The van der Waals surface area contributed by atoms with Crippen molar-refractivity contribution in [3.05, 3.63) is 34.9 Å². The molecule has 0 fully saturated rings. The van der Waals surface area contributed by atoms with Crippen LogP contribution in [0.25, 0.3) is 0 Å². The second kappa shape index (κ2) is 6.62. The predicted molar refractivity (Wildman–Crippen MR) is 69.0 cm³/mol. The third-order valence-corrected chi connectivity index (χ3v) is 2.55. The number of hydrogen-bond donors (Lipinski definition) is 0. The van der Waals surface area contributed by atoms with Gasteiger partial charge in [0.1, 0.15) is 6.61 Å². The summed E-state index contributed by atoms with van der Waals surface area (Å²) in [4.78, 5) is 13.3. The van der Waals surface area contributed by atoms with Crippen molar-refractivity contribution in [3.8, 4) is 0 Å². The molecule has 0 heterocycles. The fraction of sp³-hybridized carbons (Fsp3) is 0.462. The lowest BCUT2D eigenvalue weighted by Gasteiger charge is -2.18. The summed E-state index contributed by atoms with van der Waals surface area (Å²) in [5.74, 6) is -0.0198. The molecule has 1 aromatic carbocycles. The summed E-state index contributed by atoms with van der Waals surface area (Å²) in [6.45, 7) is 4.51. The van der Waals surface area contributed by atoms with E-state index in [0.29, 0.717) is 11.6 Å². The minimum Gasteiger partial charge on any atom is -0.369 e. The second-order valence-corrected chi connectivity index (χ2v) is 4.67. The number of likely N-dealkylation sites (N-methyl/N-ethyl adjacent to an activating group) is 1. The molecule has 0 radical (unpaired) electrons. The largest absolute Gasteiger partial charge is 0.369 e. The Hall–Kier alpha value is -1.06. The van der Waals surface area contributed by atoms with Gasteiger partial charge in [0.2, 0.25) is 5.91 Å². The zero-order valence-electron chi connectivity index (χ0n) is 10.4. The summed E-state index contributed by atoms with van der Waals surface area (Å²) < 4.78 is 5.27. The van der Waals surface area contributed by atoms with Crippen LogP contribution in [0.3, 0.4) is 0 Å². The number of hydrogen-bond acceptors (Lipinski definition) is 2. The van der Waals surface area contributed by atoms with Crippen molar-refractivity contribution in [1.29, 1.82) is 0 Å². The minimum absolute atomic E-state index is 0.0198. The third-order valence-electron chi connectivity index (χ3n) is 2.30. The number of amides is 1. The van der Waals surface area contributed by atoms with Crippen molar-refractivity contribution in [2.75, 3.05) is 13.7 Å². The first kappa shape index (κ1) is 14.0. The Balaban J connectivity index is 2.45. The molecule has 1 rings (SSSR count). The molecule has 0 aliphatic heterocycles. The van der Waals surface area contributed by atoms with Crippen LogP contribution in [0.1, 0.15) is 19.4 Å². The van der Waals surface area contributed by atoms with Crippen LogP contribution in [0.4, 0.5) is 0 Å². The van der Waals surface area contributed by atoms with E-state index >= 15 is 0 Å². The van der Waals surface area contributed by atoms with Gasteiger partial charge in [0, 0.05) is 18.6 Å². The lowest BCUT2D eigenvalue weighted by Crippen LogP contribution is -2.30. The monoisotopic (exact) mass is 255 g/mol. The van der Waals surface area contributed by atoms with E-state index < -0.39 is 0 Å². The molecule has 17 heavy (non-hydrogen) atoms. The first-order valence-corrected chi connectivity index (χ1v) is 5.97. The Kier molecular flexibility index (Phi) is 5.45. The van der Waals surface area contributed by atoms with Gasteiger partial charge in [-0.3, -0.25) is 4.79 Å². The first-order chi connectivity index (χ1) is 7.99. The average Bonchev–Trinajstić information content (AvgIpc) is 2.28. The van der Waals surface area contributed by atoms with Gasteiger partial charge in [0.25, 0.3) is 0 Å². The SMILES string of the molecule is CC(C)OCC(=O)N(C)Cc1ccc(Cl)cc1. The molecule has 0 aromatic heterocycles. The third kappa shape index (κ3) is 5.20. The second-order valence-electron chi connectivity index (χ2n) is 4.24. The van der Waals surface area contributed by atoms with E-state index in [1.807, 2.05) is 38.1 Å². The van der Waals surface area contributed by atoms with Crippen molar-refractivity contribution in [2.24, 2.45) is 0 Å². The topological polar surface area (TPSA) is 29.5 Å². The predicted octanol–water partition coefficient (Wildman–Crippen LogP) is 2.72. The normalized spacial score (nSPS) is 10.6. The van der Waals surface area contributed by atoms with Crippen LogP contribution in [0.2, 0.25) is 5.02 Å². The van der Waals surface area contributed by atoms with E-state index in [2.05, 4.69) is 0 Å². The Morgan fingerprint density at radius 3 is 2.47 bits per heavy atom. The van der Waals surface area contributed by atoms with Crippen molar-refractivity contribution in [3.63, 3.8) is 0 Å². The fourth-order valence-corrected chi connectivity index (χ4v) is 1.43. The molecule has 3 nitrogen and oxygen atoms in total. The van der Waals surface area contributed by atoms with Gasteiger partial charge in [-0.2, -0.15) is 0 Å². The fourth-order valence-electron chi connectivity index (χ4n) is 1.30. The van der Waals surface area contributed by atoms with Crippen molar-refractivity contribution in [2.45, 2.75) is 26.5 Å². The number of carbonyl (C=O) groups is 1. The molecule has 1 aromatic rings. The standard InChI is InChI=1S/C13H18ClNO2/c1-10(2)17-9-13(16)15(3)8-11-4-6-12(14)7-5-11/h4-7,10H,8-9H2,1-3H3. The van der Waals surface area contributed by atoms with E-state index in [9.17, 15) is 4.79 Å². The van der Waals surface area contributed by atoms with E-state index in [0.717, 1.165) is 5.56 Å². The molecule has 0 aliphatic rings. The summed E-state index contributed by atoms with van der Waals surface area (Å²) in [6, 6.07) is 7.46. The molecule has 4 heteroatoms. The van der Waals surface area contributed by atoms with Gasteiger partial charge in [0.15, 0.2) is 0 Å². The van der Waals surface area contributed by atoms with E-state index in [1.54, 1.807) is 11.9 Å². The summed E-state index contributed by atoms with van der Waals surface area (Å²) in [5, 5.41) is 0.700. The lowest BCUT2D eigenvalue weighted by molar-refractivity contribution is -0.136. The number of nitrogens with zero attached hydrogens (tertiary/aromatic N) is 1. The molecular formula is C13H18ClNO2. The minimum atomic E-state index is -0.0198. The molecule has 0 atom stereocenters. The molecule has 94 valence electrons. The molecule has 0 saturated carbocycles. The highest BCUT2D eigenvalue weighted by Crippen LogP contribution is 2.11. The van der Waals surface area contributed by atoms with Crippen molar-refractivity contribution >= 4 is 17.5 Å². The van der Waals surface area contributed by atoms with Crippen LogP contribution in [-0.2, 0) is 16.1 Å². The maximum atomic E-state index is 11.7. The smallest absolute Gasteiger partial charge is 0.248 e. The van der Waals surface area contributed by atoms with Gasteiger partial charge in [-0.05, 0) is 31.5 Å². The summed E-state index contributed by atoms with van der Waals surface area (Å²) in [7, 11) is 1.76. The Labute approximate surface area is 107 Å². The van der Waals surface area contributed by atoms with Crippen LogP contribution in [0, 0.1) is 0 Å². The zero-order valence-corrected chi connectivity index (χ0v) is 11.2. The van der Waals surface area contributed by atoms with Crippen LogP contribution in [0.15, 0.2) is 24.3 Å². The molecule has 0 spiro atoms. The van der Waals surface area contributed by atoms with Gasteiger partial charge in [-0.25, -0.2) is 0 Å². The number of benzene rings is 1. The maximum absolute atomic E-state index is 11.7. The summed E-state index contributed by atoms with van der Waals surface area (Å²) in [6.07, 6.45) is 0.0721. The number of halogens is 1. The molecule has 0 N–H and O–H groups in total. The van der Waals surface area contributed by atoms with Gasteiger partial charge < -0.3 is 9.64 Å². The number of rotatable bonds is 5. The van der Waals surface area contributed by atoms with Crippen LogP contribution < -0.4 is 0 Å². The van der Waals surface area contributed by atoms with Gasteiger partial charge in [-0.15, -0.1) is 0 Å². The molecule has 0 unspecified atom stereocenters. The number of ether oxygens (including phenoxy) is 1. The first-order valence-electron chi connectivity index (χ1n) is 5.59. The zero-order chi connectivity index (χ0) is 12.8.